The third-order valence-corrected chi connectivity index (χ3v) is 2.37. The van der Waals surface area contributed by atoms with Crippen molar-refractivity contribution in [1.29, 1.82) is 0 Å². The Morgan fingerprint density at radius 2 is 2.19 bits per heavy atom. The van der Waals surface area contributed by atoms with Gasteiger partial charge in [-0.15, -0.1) is 0 Å². The zero-order valence-electron chi connectivity index (χ0n) is 9.27. The number of aromatic nitrogens is 3. The maximum absolute atomic E-state index is 11.6. The Kier molecular flexibility index (Phi) is 2.52. The van der Waals surface area contributed by atoms with Crippen LogP contribution in [0.2, 0.25) is 0 Å². The van der Waals surface area contributed by atoms with Gasteiger partial charge in [-0.1, -0.05) is 12.1 Å². The van der Waals surface area contributed by atoms with Crippen molar-refractivity contribution >= 4 is 5.69 Å². The average molecular weight is 218 g/mol. The Morgan fingerprint density at radius 1 is 1.44 bits per heavy atom. The van der Waals surface area contributed by atoms with E-state index in [1.165, 1.54) is 0 Å². The molecule has 1 aromatic heterocycles. The molecule has 0 aliphatic heterocycles. The van der Waals surface area contributed by atoms with Crippen molar-refractivity contribution in [3.8, 4) is 11.4 Å². The zero-order valence-corrected chi connectivity index (χ0v) is 9.27. The molecule has 0 saturated heterocycles. The van der Waals surface area contributed by atoms with Gasteiger partial charge in [-0.2, -0.15) is 5.10 Å². The van der Waals surface area contributed by atoms with Crippen molar-refractivity contribution < 1.29 is 0 Å². The van der Waals surface area contributed by atoms with Crippen molar-refractivity contribution in [2.75, 3.05) is 5.73 Å². The number of H-pyrrole nitrogens is 1. The zero-order chi connectivity index (χ0) is 11.7. The standard InChI is InChI=1S/C11H14N4O/c1-7(2)15-10(13-14-11(15)16)8-4-3-5-9(12)6-8/h3-7H,12H2,1-2H3,(H,14,16). The van der Waals surface area contributed by atoms with Gasteiger partial charge in [0.2, 0.25) is 0 Å². The van der Waals surface area contributed by atoms with Crippen LogP contribution in [-0.2, 0) is 0 Å². The lowest BCUT2D eigenvalue weighted by Gasteiger charge is -2.09. The summed E-state index contributed by atoms with van der Waals surface area (Å²) in [7, 11) is 0. The van der Waals surface area contributed by atoms with Gasteiger partial charge in [-0.25, -0.2) is 9.89 Å². The van der Waals surface area contributed by atoms with Gasteiger partial charge in [0.25, 0.3) is 0 Å². The van der Waals surface area contributed by atoms with Crippen molar-refractivity contribution in [3.05, 3.63) is 34.7 Å². The number of nitrogens with zero attached hydrogens (tertiary/aromatic N) is 2. The van der Waals surface area contributed by atoms with E-state index in [-0.39, 0.29) is 11.7 Å². The molecule has 84 valence electrons. The fraction of sp³-hybridized carbons (Fsp3) is 0.273. The largest absolute Gasteiger partial charge is 0.399 e. The van der Waals surface area contributed by atoms with Crippen LogP contribution in [-0.4, -0.2) is 14.8 Å². The van der Waals surface area contributed by atoms with E-state index in [0.29, 0.717) is 11.5 Å². The Labute approximate surface area is 92.9 Å². The van der Waals surface area contributed by atoms with Crippen LogP contribution in [0.15, 0.2) is 29.1 Å². The van der Waals surface area contributed by atoms with E-state index in [4.69, 9.17) is 5.73 Å². The summed E-state index contributed by atoms with van der Waals surface area (Å²) in [5.74, 6) is 0.618. The number of nitrogens with two attached hydrogens (primary N) is 1. The van der Waals surface area contributed by atoms with Crippen LogP contribution < -0.4 is 11.4 Å². The molecule has 0 aliphatic carbocycles. The molecule has 5 heteroatoms. The molecule has 0 aliphatic rings. The highest BCUT2D eigenvalue weighted by Crippen LogP contribution is 2.20. The van der Waals surface area contributed by atoms with Gasteiger partial charge in [0.1, 0.15) is 0 Å². The van der Waals surface area contributed by atoms with Gasteiger partial charge >= 0.3 is 5.69 Å². The maximum Gasteiger partial charge on any atom is 0.343 e. The molecule has 0 atom stereocenters. The smallest absolute Gasteiger partial charge is 0.343 e. The summed E-state index contributed by atoms with van der Waals surface area (Å²) in [5, 5.41) is 6.47. The van der Waals surface area contributed by atoms with Crippen molar-refractivity contribution in [2.45, 2.75) is 19.9 Å². The number of rotatable bonds is 2. The molecule has 0 radical (unpaired) electrons. The SMILES string of the molecule is CC(C)n1c(-c2cccc(N)c2)n[nH]c1=O. The van der Waals surface area contributed by atoms with Crippen molar-refractivity contribution in [1.82, 2.24) is 14.8 Å². The molecule has 0 unspecified atom stereocenters. The lowest BCUT2D eigenvalue weighted by atomic mass is 10.2. The number of nitrogens with one attached hydrogen (secondary N) is 1. The summed E-state index contributed by atoms with van der Waals surface area (Å²) in [6.07, 6.45) is 0. The van der Waals surface area contributed by atoms with Crippen LogP contribution in [0.5, 0.6) is 0 Å². The van der Waals surface area contributed by atoms with Crippen molar-refractivity contribution in [2.24, 2.45) is 0 Å². The van der Waals surface area contributed by atoms with E-state index in [2.05, 4.69) is 10.2 Å². The van der Waals surface area contributed by atoms with Gasteiger partial charge in [0.05, 0.1) is 0 Å². The summed E-state index contributed by atoms with van der Waals surface area (Å²) in [4.78, 5) is 11.6. The van der Waals surface area contributed by atoms with Crippen LogP contribution in [0.3, 0.4) is 0 Å². The van der Waals surface area contributed by atoms with E-state index in [1.807, 2.05) is 26.0 Å². The molecule has 0 spiro atoms. The summed E-state index contributed by atoms with van der Waals surface area (Å²) in [5.41, 5.74) is 7.00. The second-order valence-electron chi connectivity index (χ2n) is 3.94. The quantitative estimate of drug-likeness (QED) is 0.748. The minimum Gasteiger partial charge on any atom is -0.399 e. The Bertz CT molecular complexity index is 553. The van der Waals surface area contributed by atoms with Crippen LogP contribution in [0.1, 0.15) is 19.9 Å². The molecular weight excluding hydrogens is 204 g/mol. The molecule has 16 heavy (non-hydrogen) atoms. The van der Waals surface area contributed by atoms with Gasteiger partial charge in [-0.3, -0.25) is 4.57 Å². The van der Waals surface area contributed by atoms with E-state index < -0.39 is 0 Å². The van der Waals surface area contributed by atoms with Crippen LogP contribution in [0.25, 0.3) is 11.4 Å². The molecule has 1 aromatic carbocycles. The number of hydrogen-bond acceptors (Lipinski definition) is 3. The minimum atomic E-state index is -0.201. The van der Waals surface area contributed by atoms with E-state index in [0.717, 1.165) is 5.56 Å². The Morgan fingerprint density at radius 3 is 2.81 bits per heavy atom. The third-order valence-electron chi connectivity index (χ3n) is 2.37. The molecule has 0 bridgehead atoms. The summed E-state index contributed by atoms with van der Waals surface area (Å²) >= 11 is 0. The lowest BCUT2D eigenvalue weighted by Crippen LogP contribution is -2.19. The summed E-state index contributed by atoms with van der Waals surface area (Å²) in [6, 6.07) is 7.38. The Hall–Kier alpha value is -2.04. The van der Waals surface area contributed by atoms with Gasteiger partial charge < -0.3 is 5.73 Å². The number of aromatic amines is 1. The number of anilines is 1. The van der Waals surface area contributed by atoms with Gasteiger partial charge in [0.15, 0.2) is 5.82 Å². The predicted molar refractivity (Wildman–Crippen MR) is 63.1 cm³/mol. The molecule has 5 nitrogen and oxygen atoms in total. The number of nitrogen functional groups attached to an aromatic ring is 1. The molecule has 1 heterocycles. The monoisotopic (exact) mass is 218 g/mol. The first kappa shape index (κ1) is 10.5. The number of hydrogen-bond donors (Lipinski definition) is 2. The molecular formula is C11H14N4O. The van der Waals surface area contributed by atoms with E-state index >= 15 is 0 Å². The third kappa shape index (κ3) is 1.71. The average Bonchev–Trinajstić information content (AvgIpc) is 2.60. The highest BCUT2D eigenvalue weighted by Gasteiger charge is 2.12. The second kappa shape index (κ2) is 3.84. The van der Waals surface area contributed by atoms with Crippen LogP contribution in [0, 0.1) is 0 Å². The minimum absolute atomic E-state index is 0.0580. The highest BCUT2D eigenvalue weighted by atomic mass is 16.1. The van der Waals surface area contributed by atoms with Gasteiger partial charge in [0, 0.05) is 17.3 Å². The first-order valence-electron chi connectivity index (χ1n) is 5.12. The normalized spacial score (nSPS) is 10.9. The number of benzene rings is 1. The Balaban J connectivity index is 2.61. The van der Waals surface area contributed by atoms with Crippen LogP contribution >= 0.6 is 0 Å². The highest BCUT2D eigenvalue weighted by molar-refractivity contribution is 5.61. The second-order valence-corrected chi connectivity index (χ2v) is 3.94. The fourth-order valence-corrected chi connectivity index (χ4v) is 1.67. The first-order chi connectivity index (χ1) is 7.59. The van der Waals surface area contributed by atoms with E-state index in [9.17, 15) is 4.79 Å². The fourth-order valence-electron chi connectivity index (χ4n) is 1.67. The van der Waals surface area contributed by atoms with E-state index in [1.54, 1.807) is 16.7 Å². The molecule has 0 saturated carbocycles. The van der Waals surface area contributed by atoms with Crippen LogP contribution in [0.4, 0.5) is 5.69 Å². The maximum atomic E-state index is 11.6. The molecule has 0 amide bonds. The van der Waals surface area contributed by atoms with Crippen molar-refractivity contribution in [3.63, 3.8) is 0 Å². The summed E-state index contributed by atoms with van der Waals surface area (Å²) < 4.78 is 1.61. The molecule has 2 rings (SSSR count). The lowest BCUT2D eigenvalue weighted by molar-refractivity contribution is 0.585. The summed E-state index contributed by atoms with van der Waals surface area (Å²) in [6.45, 7) is 3.87. The predicted octanol–water partition coefficient (Wildman–Crippen LogP) is 1.40. The van der Waals surface area contributed by atoms with Gasteiger partial charge in [-0.05, 0) is 26.0 Å². The molecule has 0 fully saturated rings. The first-order valence-corrected chi connectivity index (χ1v) is 5.12. The molecule has 3 N–H and O–H groups in total. The topological polar surface area (TPSA) is 76.7 Å². The molecule has 2 aromatic rings.